The van der Waals surface area contributed by atoms with Gasteiger partial charge in [0, 0.05) is 26.4 Å². The van der Waals surface area contributed by atoms with Gasteiger partial charge in [-0.1, -0.05) is 0 Å². The van der Waals surface area contributed by atoms with Gasteiger partial charge in [0.05, 0.1) is 17.7 Å². The molecule has 1 aromatic rings. The van der Waals surface area contributed by atoms with Crippen LogP contribution in [0.15, 0.2) is 12.1 Å². The highest BCUT2D eigenvalue weighted by atomic mass is 19.1. The number of benzene rings is 1. The molecule has 0 bridgehead atoms. The molecule has 0 saturated carbocycles. The van der Waals surface area contributed by atoms with E-state index in [4.69, 9.17) is 14.7 Å². The lowest BCUT2D eigenvalue weighted by atomic mass is 10.1. The van der Waals surface area contributed by atoms with E-state index >= 15 is 0 Å². The zero-order valence-corrected chi connectivity index (χ0v) is 11.7. The van der Waals surface area contributed by atoms with Crippen LogP contribution in [0.25, 0.3) is 0 Å². The van der Waals surface area contributed by atoms with Crippen molar-refractivity contribution in [3.8, 4) is 6.07 Å². The number of hydrogen-bond acceptors (Lipinski definition) is 4. The van der Waals surface area contributed by atoms with Crippen LogP contribution in [0, 0.1) is 23.0 Å². The number of nitrogens with zero attached hydrogens (tertiary/aromatic N) is 1. The van der Waals surface area contributed by atoms with Crippen molar-refractivity contribution in [2.24, 2.45) is 0 Å². The minimum atomic E-state index is -0.753. The Morgan fingerprint density at radius 2 is 1.95 bits per heavy atom. The van der Waals surface area contributed by atoms with Gasteiger partial charge in [-0.3, -0.25) is 0 Å². The minimum Gasteiger partial charge on any atom is -0.381 e. The third kappa shape index (κ3) is 4.66. The standard InChI is InChI=1S/C15H18F2N2O2/c16-13-8-11(10-18)9-14(17)15(13)19-4-1-5-21-12-2-6-20-7-3-12/h8-9,12,19H,1-7H2. The van der Waals surface area contributed by atoms with E-state index in [0.717, 1.165) is 38.2 Å². The molecular weight excluding hydrogens is 278 g/mol. The second-order valence-corrected chi connectivity index (χ2v) is 4.89. The van der Waals surface area contributed by atoms with Gasteiger partial charge in [-0.15, -0.1) is 0 Å². The Morgan fingerprint density at radius 1 is 1.29 bits per heavy atom. The zero-order valence-electron chi connectivity index (χ0n) is 11.7. The predicted octanol–water partition coefficient (Wildman–Crippen LogP) is 2.83. The highest BCUT2D eigenvalue weighted by Gasteiger charge is 2.14. The molecule has 2 rings (SSSR count). The van der Waals surface area contributed by atoms with E-state index in [-0.39, 0.29) is 17.4 Å². The lowest BCUT2D eigenvalue weighted by Crippen LogP contribution is -2.24. The van der Waals surface area contributed by atoms with Gasteiger partial charge in [-0.2, -0.15) is 5.26 Å². The van der Waals surface area contributed by atoms with E-state index in [1.807, 2.05) is 0 Å². The minimum absolute atomic E-state index is 0.0293. The molecule has 114 valence electrons. The van der Waals surface area contributed by atoms with Crippen molar-refractivity contribution >= 4 is 5.69 Å². The zero-order chi connectivity index (χ0) is 15.1. The highest BCUT2D eigenvalue weighted by molar-refractivity contribution is 5.50. The Kier molecular flexibility index (Phi) is 5.90. The largest absolute Gasteiger partial charge is 0.381 e. The van der Waals surface area contributed by atoms with Crippen molar-refractivity contribution in [2.45, 2.75) is 25.4 Å². The maximum absolute atomic E-state index is 13.6. The van der Waals surface area contributed by atoms with E-state index in [2.05, 4.69) is 5.32 Å². The normalized spacial score (nSPS) is 15.7. The molecule has 0 atom stereocenters. The molecule has 0 unspecified atom stereocenters. The predicted molar refractivity (Wildman–Crippen MR) is 74.0 cm³/mol. The molecule has 0 amide bonds. The van der Waals surface area contributed by atoms with Crippen LogP contribution in [0.3, 0.4) is 0 Å². The van der Waals surface area contributed by atoms with Crippen LogP contribution in [0.5, 0.6) is 0 Å². The van der Waals surface area contributed by atoms with Crippen LogP contribution in [-0.4, -0.2) is 32.5 Å². The summed E-state index contributed by atoms with van der Waals surface area (Å²) in [4.78, 5) is 0. The Morgan fingerprint density at radius 3 is 2.57 bits per heavy atom. The Hall–Kier alpha value is -1.71. The first-order chi connectivity index (χ1) is 10.2. The lowest BCUT2D eigenvalue weighted by Gasteiger charge is -2.22. The molecule has 1 fully saturated rings. The smallest absolute Gasteiger partial charge is 0.150 e. The van der Waals surface area contributed by atoms with Crippen LogP contribution in [-0.2, 0) is 9.47 Å². The SMILES string of the molecule is N#Cc1cc(F)c(NCCCOC2CCOCC2)c(F)c1. The quantitative estimate of drug-likeness (QED) is 0.820. The maximum atomic E-state index is 13.6. The molecule has 0 aromatic heterocycles. The van der Waals surface area contributed by atoms with Crippen molar-refractivity contribution in [2.75, 3.05) is 31.7 Å². The number of ether oxygens (including phenoxy) is 2. The van der Waals surface area contributed by atoms with Gasteiger partial charge in [-0.05, 0) is 31.4 Å². The molecule has 6 heteroatoms. The molecule has 0 aliphatic carbocycles. The molecule has 1 aliphatic heterocycles. The molecule has 1 N–H and O–H groups in total. The summed E-state index contributed by atoms with van der Waals surface area (Å²) in [6.45, 7) is 2.40. The fourth-order valence-corrected chi connectivity index (χ4v) is 2.18. The third-order valence-electron chi connectivity index (χ3n) is 3.32. The first-order valence-corrected chi connectivity index (χ1v) is 7.03. The highest BCUT2D eigenvalue weighted by Crippen LogP contribution is 2.20. The summed E-state index contributed by atoms with van der Waals surface area (Å²) in [5.74, 6) is -1.51. The first kappa shape index (κ1) is 15.7. The second-order valence-electron chi connectivity index (χ2n) is 4.89. The lowest BCUT2D eigenvalue weighted by molar-refractivity contribution is -0.0316. The van der Waals surface area contributed by atoms with Gasteiger partial charge >= 0.3 is 0 Å². The Balaban J connectivity index is 1.72. The summed E-state index contributed by atoms with van der Waals surface area (Å²) in [6.07, 6.45) is 2.66. The van der Waals surface area contributed by atoms with Crippen LogP contribution in [0.1, 0.15) is 24.8 Å². The molecule has 1 aliphatic rings. The van der Waals surface area contributed by atoms with E-state index < -0.39 is 11.6 Å². The summed E-state index contributed by atoms with van der Waals surface area (Å²) < 4.78 is 38.1. The Labute approximate surface area is 122 Å². The van der Waals surface area contributed by atoms with Gasteiger partial charge in [0.2, 0.25) is 0 Å². The van der Waals surface area contributed by atoms with Crippen LogP contribution in [0.4, 0.5) is 14.5 Å². The van der Waals surface area contributed by atoms with Crippen molar-refractivity contribution in [1.82, 2.24) is 0 Å². The molecular formula is C15H18F2N2O2. The summed E-state index contributed by atoms with van der Waals surface area (Å²) in [6, 6.07) is 3.75. The monoisotopic (exact) mass is 296 g/mol. The van der Waals surface area contributed by atoms with E-state index in [9.17, 15) is 8.78 Å². The average Bonchev–Trinajstić information content (AvgIpc) is 2.50. The van der Waals surface area contributed by atoms with Crippen LogP contribution < -0.4 is 5.32 Å². The third-order valence-corrected chi connectivity index (χ3v) is 3.32. The number of rotatable bonds is 6. The van der Waals surface area contributed by atoms with E-state index in [1.165, 1.54) is 0 Å². The maximum Gasteiger partial charge on any atom is 0.150 e. The van der Waals surface area contributed by atoms with Gasteiger partial charge in [0.25, 0.3) is 0 Å². The van der Waals surface area contributed by atoms with Crippen molar-refractivity contribution < 1.29 is 18.3 Å². The number of hydrogen-bond donors (Lipinski definition) is 1. The van der Waals surface area contributed by atoms with Gasteiger partial charge < -0.3 is 14.8 Å². The number of halogens is 2. The van der Waals surface area contributed by atoms with Gasteiger partial charge in [0.1, 0.15) is 5.69 Å². The molecule has 4 nitrogen and oxygen atoms in total. The van der Waals surface area contributed by atoms with Gasteiger partial charge in [-0.25, -0.2) is 8.78 Å². The topological polar surface area (TPSA) is 54.3 Å². The van der Waals surface area contributed by atoms with E-state index in [0.29, 0.717) is 19.6 Å². The molecule has 21 heavy (non-hydrogen) atoms. The van der Waals surface area contributed by atoms with Crippen molar-refractivity contribution in [3.63, 3.8) is 0 Å². The summed E-state index contributed by atoms with van der Waals surface area (Å²) in [7, 11) is 0. The first-order valence-electron chi connectivity index (χ1n) is 7.03. The fourth-order valence-electron chi connectivity index (χ4n) is 2.18. The molecule has 1 heterocycles. The number of nitriles is 1. The van der Waals surface area contributed by atoms with Crippen LogP contribution >= 0.6 is 0 Å². The fraction of sp³-hybridized carbons (Fsp3) is 0.533. The summed E-state index contributed by atoms with van der Waals surface area (Å²) in [5.41, 5.74) is -0.224. The van der Waals surface area contributed by atoms with Crippen LogP contribution in [0.2, 0.25) is 0 Å². The average molecular weight is 296 g/mol. The second kappa shape index (κ2) is 7.91. The van der Waals surface area contributed by atoms with Gasteiger partial charge in [0.15, 0.2) is 11.6 Å². The molecule has 0 radical (unpaired) electrons. The van der Waals surface area contributed by atoms with Crippen molar-refractivity contribution in [1.29, 1.82) is 5.26 Å². The van der Waals surface area contributed by atoms with E-state index in [1.54, 1.807) is 6.07 Å². The molecule has 0 spiro atoms. The molecule has 1 saturated heterocycles. The molecule has 1 aromatic carbocycles. The number of nitrogens with one attached hydrogen (secondary N) is 1. The summed E-state index contributed by atoms with van der Waals surface area (Å²) >= 11 is 0. The van der Waals surface area contributed by atoms with Crippen molar-refractivity contribution in [3.05, 3.63) is 29.3 Å². The Bertz CT molecular complexity index is 488. The number of anilines is 1. The summed E-state index contributed by atoms with van der Waals surface area (Å²) in [5, 5.41) is 11.3.